The lowest BCUT2D eigenvalue weighted by molar-refractivity contribution is 0.123. The van der Waals surface area contributed by atoms with Gasteiger partial charge in [-0.2, -0.15) is 0 Å². The molecule has 0 N–H and O–H groups in total. The molecule has 2 aliphatic rings. The third-order valence-electron chi connectivity index (χ3n) is 3.86. The molecule has 1 unspecified atom stereocenters. The fraction of sp³-hybridized carbons (Fsp3) is 1.00. The molecule has 2 rings (SSSR count). The summed E-state index contributed by atoms with van der Waals surface area (Å²) in [7, 11) is 0. The SMILES string of the molecule is BrCCC1CCCN(CC2CCC2)C1. The molecule has 1 aliphatic heterocycles. The second-order valence-corrected chi connectivity index (χ2v) is 5.84. The Morgan fingerprint density at radius 3 is 2.50 bits per heavy atom. The van der Waals surface area contributed by atoms with Crippen molar-refractivity contribution in [2.24, 2.45) is 11.8 Å². The molecule has 0 aromatic carbocycles. The zero-order chi connectivity index (χ0) is 9.80. The Labute approximate surface area is 96.4 Å². The van der Waals surface area contributed by atoms with Crippen molar-refractivity contribution in [3.05, 3.63) is 0 Å². The van der Waals surface area contributed by atoms with Gasteiger partial charge in [0.2, 0.25) is 0 Å². The monoisotopic (exact) mass is 259 g/mol. The molecule has 82 valence electrons. The Hall–Kier alpha value is 0.440. The van der Waals surface area contributed by atoms with Crippen LogP contribution in [-0.4, -0.2) is 29.9 Å². The average molecular weight is 260 g/mol. The smallest absolute Gasteiger partial charge is 0.00344 e. The molecule has 0 aromatic heterocycles. The lowest BCUT2D eigenvalue weighted by Crippen LogP contribution is -2.40. The van der Waals surface area contributed by atoms with Crippen LogP contribution < -0.4 is 0 Å². The minimum absolute atomic E-state index is 0.975. The van der Waals surface area contributed by atoms with Crippen molar-refractivity contribution in [1.29, 1.82) is 0 Å². The van der Waals surface area contributed by atoms with Crippen LogP contribution in [0.4, 0.5) is 0 Å². The number of hydrogen-bond acceptors (Lipinski definition) is 1. The van der Waals surface area contributed by atoms with E-state index in [1.54, 1.807) is 0 Å². The van der Waals surface area contributed by atoms with E-state index in [1.807, 2.05) is 0 Å². The van der Waals surface area contributed by atoms with E-state index in [1.165, 1.54) is 63.5 Å². The number of piperidine rings is 1. The molecule has 1 saturated heterocycles. The summed E-state index contributed by atoms with van der Waals surface area (Å²) >= 11 is 3.56. The van der Waals surface area contributed by atoms with Crippen LogP contribution in [0.2, 0.25) is 0 Å². The molecule has 0 spiro atoms. The molecule has 1 heterocycles. The fourth-order valence-corrected chi connectivity index (χ4v) is 3.40. The Bertz CT molecular complexity index is 166. The number of rotatable bonds is 4. The molecule has 1 atom stereocenters. The summed E-state index contributed by atoms with van der Waals surface area (Å²) in [5, 5.41) is 1.19. The van der Waals surface area contributed by atoms with Gasteiger partial charge < -0.3 is 4.90 Å². The second-order valence-electron chi connectivity index (χ2n) is 5.04. The van der Waals surface area contributed by atoms with E-state index in [0.717, 1.165) is 11.8 Å². The second kappa shape index (κ2) is 5.50. The summed E-state index contributed by atoms with van der Waals surface area (Å²) in [6, 6.07) is 0. The number of halogens is 1. The summed E-state index contributed by atoms with van der Waals surface area (Å²) in [4.78, 5) is 2.72. The van der Waals surface area contributed by atoms with Crippen LogP contribution in [0.15, 0.2) is 0 Å². The van der Waals surface area contributed by atoms with E-state index in [9.17, 15) is 0 Å². The highest BCUT2D eigenvalue weighted by Gasteiger charge is 2.24. The zero-order valence-corrected chi connectivity index (χ0v) is 10.6. The minimum Gasteiger partial charge on any atom is -0.303 e. The maximum atomic E-state index is 3.56. The molecule has 1 nitrogen and oxygen atoms in total. The highest BCUT2D eigenvalue weighted by atomic mass is 79.9. The predicted molar refractivity (Wildman–Crippen MR) is 64.9 cm³/mol. The molecule has 1 saturated carbocycles. The van der Waals surface area contributed by atoms with E-state index in [0.29, 0.717) is 0 Å². The molecule has 0 radical (unpaired) electrons. The fourth-order valence-electron chi connectivity index (χ4n) is 2.75. The van der Waals surface area contributed by atoms with Gasteiger partial charge >= 0.3 is 0 Å². The van der Waals surface area contributed by atoms with Crippen LogP contribution in [0, 0.1) is 11.8 Å². The largest absolute Gasteiger partial charge is 0.303 e. The third-order valence-corrected chi connectivity index (χ3v) is 4.32. The lowest BCUT2D eigenvalue weighted by Gasteiger charge is -2.37. The summed E-state index contributed by atoms with van der Waals surface area (Å²) in [6.45, 7) is 4.15. The predicted octanol–water partition coefficient (Wildman–Crippen LogP) is 3.28. The molecular weight excluding hydrogens is 238 g/mol. The number of nitrogens with zero attached hydrogens (tertiary/aromatic N) is 1. The molecule has 0 aromatic rings. The standard InChI is InChI=1S/C12H22BrN/c13-7-6-12-5-2-8-14(10-12)9-11-3-1-4-11/h11-12H,1-10H2. The Kier molecular flexibility index (Phi) is 4.30. The van der Waals surface area contributed by atoms with Crippen LogP contribution in [-0.2, 0) is 0 Å². The number of alkyl halides is 1. The quantitative estimate of drug-likeness (QED) is 0.701. The van der Waals surface area contributed by atoms with Crippen LogP contribution >= 0.6 is 15.9 Å². The summed E-state index contributed by atoms with van der Waals surface area (Å²) in [6.07, 6.45) is 8.76. The maximum absolute atomic E-state index is 3.56. The van der Waals surface area contributed by atoms with Gasteiger partial charge in [0.15, 0.2) is 0 Å². The maximum Gasteiger partial charge on any atom is 0.00344 e. The van der Waals surface area contributed by atoms with Crippen LogP contribution in [0.1, 0.15) is 38.5 Å². The van der Waals surface area contributed by atoms with Crippen molar-refractivity contribution in [3.8, 4) is 0 Å². The van der Waals surface area contributed by atoms with Gasteiger partial charge in [-0.05, 0) is 50.5 Å². The molecule has 2 heteroatoms. The van der Waals surface area contributed by atoms with E-state index in [2.05, 4.69) is 20.8 Å². The van der Waals surface area contributed by atoms with Crippen LogP contribution in [0.25, 0.3) is 0 Å². The van der Waals surface area contributed by atoms with Gasteiger partial charge in [0.05, 0.1) is 0 Å². The normalized spacial score (nSPS) is 30.2. The van der Waals surface area contributed by atoms with Crippen LogP contribution in [0.5, 0.6) is 0 Å². The van der Waals surface area contributed by atoms with Gasteiger partial charge in [-0.1, -0.05) is 22.4 Å². The lowest BCUT2D eigenvalue weighted by atomic mass is 9.84. The van der Waals surface area contributed by atoms with Crippen molar-refractivity contribution in [1.82, 2.24) is 4.90 Å². The topological polar surface area (TPSA) is 3.24 Å². The van der Waals surface area contributed by atoms with Crippen molar-refractivity contribution in [2.45, 2.75) is 38.5 Å². The van der Waals surface area contributed by atoms with Crippen molar-refractivity contribution < 1.29 is 0 Å². The molecule has 2 fully saturated rings. The molecule has 0 bridgehead atoms. The Morgan fingerprint density at radius 1 is 1.07 bits per heavy atom. The van der Waals surface area contributed by atoms with Crippen molar-refractivity contribution in [3.63, 3.8) is 0 Å². The number of likely N-dealkylation sites (tertiary alicyclic amines) is 1. The van der Waals surface area contributed by atoms with Crippen LogP contribution in [0.3, 0.4) is 0 Å². The first-order chi connectivity index (χ1) is 6.88. The summed E-state index contributed by atoms with van der Waals surface area (Å²) in [5.41, 5.74) is 0. The Balaban J connectivity index is 1.69. The zero-order valence-electron chi connectivity index (χ0n) is 9.05. The third kappa shape index (κ3) is 2.96. The van der Waals surface area contributed by atoms with E-state index in [4.69, 9.17) is 0 Å². The van der Waals surface area contributed by atoms with E-state index < -0.39 is 0 Å². The van der Waals surface area contributed by atoms with Gasteiger partial charge in [0, 0.05) is 18.4 Å². The van der Waals surface area contributed by atoms with E-state index >= 15 is 0 Å². The van der Waals surface area contributed by atoms with Crippen molar-refractivity contribution in [2.75, 3.05) is 25.0 Å². The van der Waals surface area contributed by atoms with Gasteiger partial charge in [-0.15, -0.1) is 0 Å². The molecule has 1 aliphatic carbocycles. The summed E-state index contributed by atoms with van der Waals surface area (Å²) < 4.78 is 0. The van der Waals surface area contributed by atoms with Gasteiger partial charge in [-0.25, -0.2) is 0 Å². The first kappa shape index (κ1) is 10.9. The van der Waals surface area contributed by atoms with Gasteiger partial charge in [0.25, 0.3) is 0 Å². The van der Waals surface area contributed by atoms with E-state index in [-0.39, 0.29) is 0 Å². The highest BCUT2D eigenvalue weighted by molar-refractivity contribution is 9.09. The van der Waals surface area contributed by atoms with Gasteiger partial charge in [0.1, 0.15) is 0 Å². The minimum atomic E-state index is 0.975. The van der Waals surface area contributed by atoms with Gasteiger partial charge in [-0.3, -0.25) is 0 Å². The first-order valence-corrected chi connectivity index (χ1v) is 7.29. The summed E-state index contributed by atoms with van der Waals surface area (Å²) in [5.74, 6) is 2.03. The Morgan fingerprint density at radius 2 is 1.86 bits per heavy atom. The first-order valence-electron chi connectivity index (χ1n) is 6.17. The molecule has 0 amide bonds. The number of hydrogen-bond donors (Lipinski definition) is 0. The highest BCUT2D eigenvalue weighted by Crippen LogP contribution is 2.29. The van der Waals surface area contributed by atoms with Crippen molar-refractivity contribution >= 4 is 15.9 Å². The molecule has 14 heavy (non-hydrogen) atoms. The average Bonchev–Trinajstić information content (AvgIpc) is 2.13. The molecular formula is C12H22BrN.